The Morgan fingerprint density at radius 1 is 1.11 bits per heavy atom. The number of ether oxygens (including phenoxy) is 1. The summed E-state index contributed by atoms with van der Waals surface area (Å²) in [5.74, 6) is -2.09. The van der Waals surface area contributed by atoms with Crippen molar-refractivity contribution in [2.24, 2.45) is 0 Å². The Hall–Kier alpha value is -3.85. The molecule has 1 aliphatic heterocycles. The number of pyridine rings is 1. The number of rotatable bonds is 6. The number of hydrogen-bond acceptors (Lipinski definition) is 5. The molecule has 2 heterocycles. The van der Waals surface area contributed by atoms with Gasteiger partial charge in [0, 0.05) is 24.5 Å². The molecule has 3 aromatic rings. The van der Waals surface area contributed by atoms with Gasteiger partial charge in [-0.2, -0.15) is 13.2 Å². The highest BCUT2D eigenvalue weighted by molar-refractivity contribution is 6.46. The third-order valence-electron chi connectivity index (χ3n) is 5.67. The highest BCUT2D eigenvalue weighted by Gasteiger charge is 2.46. The third-order valence-corrected chi connectivity index (χ3v) is 5.99. The van der Waals surface area contributed by atoms with Gasteiger partial charge in [-0.1, -0.05) is 23.7 Å². The van der Waals surface area contributed by atoms with Gasteiger partial charge in [-0.3, -0.25) is 14.6 Å². The maximum atomic E-state index is 13.2. The minimum atomic E-state index is -4.57. The first kappa shape index (κ1) is 25.2. The molecule has 0 spiro atoms. The van der Waals surface area contributed by atoms with E-state index in [1.54, 1.807) is 19.1 Å². The summed E-state index contributed by atoms with van der Waals surface area (Å²) in [6.07, 6.45) is -1.66. The van der Waals surface area contributed by atoms with Crippen LogP contribution in [0.3, 0.4) is 0 Å². The van der Waals surface area contributed by atoms with E-state index in [-0.39, 0.29) is 29.0 Å². The van der Waals surface area contributed by atoms with Crippen molar-refractivity contribution < 1.29 is 32.6 Å². The van der Waals surface area contributed by atoms with Gasteiger partial charge in [-0.15, -0.1) is 0 Å². The molecule has 1 aliphatic rings. The molecule has 1 aromatic heterocycles. The number of aliphatic hydroxyl groups excluding tert-OH is 1. The van der Waals surface area contributed by atoms with Crippen LogP contribution < -0.4 is 4.74 Å². The molecule has 0 saturated carbocycles. The van der Waals surface area contributed by atoms with E-state index in [9.17, 15) is 27.9 Å². The van der Waals surface area contributed by atoms with Crippen LogP contribution in [0.1, 0.15) is 35.2 Å². The Morgan fingerprint density at radius 2 is 1.83 bits per heavy atom. The molecule has 0 bridgehead atoms. The second-order valence-electron chi connectivity index (χ2n) is 7.98. The summed E-state index contributed by atoms with van der Waals surface area (Å²) in [6.45, 7) is 1.77. The van der Waals surface area contributed by atoms with E-state index in [4.69, 9.17) is 16.3 Å². The fourth-order valence-electron chi connectivity index (χ4n) is 4.05. The molecule has 1 amide bonds. The maximum Gasteiger partial charge on any atom is 0.416 e. The molecule has 1 atom stereocenters. The number of carbonyl (C=O) groups excluding carboxylic acids is 2. The van der Waals surface area contributed by atoms with Gasteiger partial charge in [0.25, 0.3) is 11.7 Å². The molecule has 1 unspecified atom stereocenters. The van der Waals surface area contributed by atoms with E-state index >= 15 is 0 Å². The summed E-state index contributed by atoms with van der Waals surface area (Å²) in [6, 6.07) is 11.0. The van der Waals surface area contributed by atoms with E-state index in [0.717, 1.165) is 17.0 Å². The normalized spacial score (nSPS) is 17.5. The van der Waals surface area contributed by atoms with Crippen molar-refractivity contribution in [3.05, 3.63) is 99.8 Å². The fourth-order valence-corrected chi connectivity index (χ4v) is 4.22. The van der Waals surface area contributed by atoms with Crippen LogP contribution in [0.2, 0.25) is 5.02 Å². The molecule has 1 N–H and O–H groups in total. The molecule has 36 heavy (non-hydrogen) atoms. The Balaban J connectivity index is 1.83. The number of carbonyl (C=O) groups is 2. The van der Waals surface area contributed by atoms with Crippen LogP contribution in [0.15, 0.2) is 72.6 Å². The number of hydrogen-bond donors (Lipinski definition) is 1. The molecular weight excluding hydrogens is 497 g/mol. The second kappa shape index (κ2) is 10.0. The molecule has 1 saturated heterocycles. The van der Waals surface area contributed by atoms with Gasteiger partial charge in [-0.25, -0.2) is 0 Å². The first-order valence-electron chi connectivity index (χ1n) is 10.9. The summed E-state index contributed by atoms with van der Waals surface area (Å²) in [4.78, 5) is 31.3. The van der Waals surface area contributed by atoms with Crippen LogP contribution in [0.25, 0.3) is 5.76 Å². The molecule has 0 radical (unpaired) electrons. The Bertz CT molecular complexity index is 1340. The number of nitrogens with zero attached hydrogens (tertiary/aromatic N) is 2. The van der Waals surface area contributed by atoms with Gasteiger partial charge in [0.2, 0.25) is 0 Å². The number of aliphatic hydroxyl groups is 1. The average Bonchev–Trinajstić information content (AvgIpc) is 3.10. The third kappa shape index (κ3) is 4.92. The van der Waals surface area contributed by atoms with E-state index in [1.807, 2.05) is 0 Å². The van der Waals surface area contributed by atoms with E-state index in [2.05, 4.69) is 4.98 Å². The van der Waals surface area contributed by atoms with Crippen LogP contribution >= 0.6 is 11.6 Å². The predicted molar refractivity (Wildman–Crippen MR) is 126 cm³/mol. The topological polar surface area (TPSA) is 79.7 Å². The second-order valence-corrected chi connectivity index (χ2v) is 8.39. The summed E-state index contributed by atoms with van der Waals surface area (Å²) in [7, 11) is 0. The van der Waals surface area contributed by atoms with E-state index < -0.39 is 35.2 Å². The summed E-state index contributed by atoms with van der Waals surface area (Å²) in [5, 5.41) is 11.5. The zero-order valence-electron chi connectivity index (χ0n) is 18.9. The van der Waals surface area contributed by atoms with Crippen molar-refractivity contribution in [3.63, 3.8) is 0 Å². The molecule has 10 heteroatoms. The number of Topliss-reactive ketones (excluding diaryl/α,β-unsaturated/α-hetero) is 1. The monoisotopic (exact) mass is 516 g/mol. The van der Waals surface area contributed by atoms with Crippen molar-refractivity contribution >= 4 is 29.1 Å². The minimum Gasteiger partial charge on any atom is -0.507 e. The van der Waals surface area contributed by atoms with E-state index in [0.29, 0.717) is 17.2 Å². The highest BCUT2D eigenvalue weighted by atomic mass is 35.5. The van der Waals surface area contributed by atoms with Gasteiger partial charge in [0.15, 0.2) is 0 Å². The van der Waals surface area contributed by atoms with Gasteiger partial charge in [0.05, 0.1) is 28.8 Å². The van der Waals surface area contributed by atoms with Crippen LogP contribution in [-0.4, -0.2) is 33.3 Å². The maximum absolute atomic E-state index is 13.2. The van der Waals surface area contributed by atoms with E-state index in [1.165, 1.54) is 42.7 Å². The lowest BCUT2D eigenvalue weighted by Gasteiger charge is -2.25. The van der Waals surface area contributed by atoms with Crippen LogP contribution in [0.5, 0.6) is 5.75 Å². The quantitative estimate of drug-likeness (QED) is 0.255. The van der Waals surface area contributed by atoms with Gasteiger partial charge in [-0.05, 0) is 60.5 Å². The van der Waals surface area contributed by atoms with Crippen molar-refractivity contribution in [1.82, 2.24) is 9.88 Å². The van der Waals surface area contributed by atoms with Crippen molar-refractivity contribution in [2.75, 3.05) is 6.61 Å². The number of amides is 1. The summed E-state index contributed by atoms with van der Waals surface area (Å²) in [5.41, 5.74) is -0.254. The van der Waals surface area contributed by atoms with Gasteiger partial charge in [0.1, 0.15) is 11.5 Å². The lowest BCUT2D eigenvalue weighted by molar-refractivity contribution is -0.140. The van der Waals surface area contributed by atoms with Crippen molar-refractivity contribution in [2.45, 2.75) is 25.7 Å². The molecule has 4 rings (SSSR count). The van der Waals surface area contributed by atoms with Crippen molar-refractivity contribution in [3.8, 4) is 5.75 Å². The van der Waals surface area contributed by atoms with Crippen LogP contribution in [-0.2, 0) is 22.3 Å². The van der Waals surface area contributed by atoms with Crippen LogP contribution in [0, 0.1) is 0 Å². The minimum absolute atomic E-state index is 0.177. The largest absolute Gasteiger partial charge is 0.507 e. The number of alkyl halides is 3. The molecule has 1 fully saturated rings. The Kier molecular flexibility index (Phi) is 7.03. The average molecular weight is 517 g/mol. The zero-order chi connectivity index (χ0) is 26.0. The van der Waals surface area contributed by atoms with Crippen molar-refractivity contribution in [1.29, 1.82) is 0 Å². The molecule has 186 valence electrons. The number of benzene rings is 2. The van der Waals surface area contributed by atoms with Gasteiger partial charge >= 0.3 is 6.18 Å². The smallest absolute Gasteiger partial charge is 0.416 e. The highest BCUT2D eigenvalue weighted by Crippen LogP contribution is 2.41. The number of ketones is 1. The summed E-state index contributed by atoms with van der Waals surface area (Å²) < 4.78 is 45.2. The van der Waals surface area contributed by atoms with Crippen LogP contribution in [0.4, 0.5) is 13.2 Å². The summed E-state index contributed by atoms with van der Waals surface area (Å²) >= 11 is 6.13. The number of aromatic nitrogens is 1. The first-order chi connectivity index (χ1) is 17.1. The zero-order valence-corrected chi connectivity index (χ0v) is 19.7. The molecular formula is C26H20ClF3N2O4. The molecule has 2 aromatic carbocycles. The first-order valence-corrected chi connectivity index (χ1v) is 11.3. The SMILES string of the molecule is CCOc1cc(/C(O)=C2\C(=O)C(=O)N(Cc3cccc(C(F)(F)F)c3)C2c2ccncc2)ccc1Cl. The molecule has 6 nitrogen and oxygen atoms in total. The molecule has 0 aliphatic carbocycles. The lowest BCUT2D eigenvalue weighted by atomic mass is 9.95. The standard InChI is InChI=1S/C26H20ClF3N2O4/c1-2-36-20-13-17(6-7-19(20)27)23(33)21-22(16-8-10-31-11-9-16)32(25(35)24(21)34)14-15-4-3-5-18(12-15)26(28,29)30/h3-13,22,33H,2,14H2,1H3/b23-21+. The van der Waals surface area contributed by atoms with Gasteiger partial charge < -0.3 is 14.7 Å². The lowest BCUT2D eigenvalue weighted by Crippen LogP contribution is -2.29. The number of likely N-dealkylation sites (tertiary alicyclic amines) is 1. The fraction of sp³-hybridized carbons (Fsp3) is 0.192. The number of halogens is 4. The Labute approximate surface area is 209 Å². The predicted octanol–water partition coefficient (Wildman–Crippen LogP) is 5.77. The Morgan fingerprint density at radius 3 is 2.50 bits per heavy atom.